The Labute approximate surface area is 147 Å². The number of hydrogen-bond acceptors (Lipinski definition) is 3. The van der Waals surface area contributed by atoms with E-state index in [4.69, 9.17) is 10.5 Å². The molecule has 0 aliphatic heterocycles. The van der Waals surface area contributed by atoms with Crippen molar-refractivity contribution in [3.05, 3.63) is 35.8 Å². The monoisotopic (exact) mass is 347 g/mol. The van der Waals surface area contributed by atoms with Crippen molar-refractivity contribution in [2.24, 2.45) is 11.7 Å². The second-order valence-electron chi connectivity index (χ2n) is 7.69. The third kappa shape index (κ3) is 3.28. The molecule has 1 aromatic carbocycles. The highest BCUT2D eigenvalue weighted by molar-refractivity contribution is 5.85. The van der Waals surface area contributed by atoms with Gasteiger partial charge < -0.3 is 20.8 Å². The molecule has 2 aromatic rings. The quantitative estimate of drug-likeness (QED) is 0.751. The van der Waals surface area contributed by atoms with Gasteiger partial charge in [-0.1, -0.05) is 13.8 Å². The van der Waals surface area contributed by atoms with Crippen molar-refractivity contribution in [3.8, 4) is 0 Å². The van der Waals surface area contributed by atoms with Gasteiger partial charge in [-0.3, -0.25) is 4.79 Å². The second kappa shape index (κ2) is 6.42. The molecule has 25 heavy (non-hydrogen) atoms. The smallest absolute Gasteiger partial charge is 0.223 e. The third-order valence-corrected chi connectivity index (χ3v) is 5.49. The van der Waals surface area contributed by atoms with Crippen LogP contribution in [0.25, 0.3) is 10.9 Å². The number of carbonyl (C=O) groups is 1. The number of hydrogen-bond donors (Lipinski definition) is 3. The minimum atomic E-state index is -0.335. The summed E-state index contributed by atoms with van der Waals surface area (Å²) in [5.41, 5.74) is 6.94. The van der Waals surface area contributed by atoms with E-state index < -0.39 is 0 Å². The van der Waals surface area contributed by atoms with Gasteiger partial charge in [0, 0.05) is 48.6 Å². The van der Waals surface area contributed by atoms with Gasteiger partial charge in [0.25, 0.3) is 0 Å². The number of carbonyl (C=O) groups excluding carboxylic acids is 1. The SMILES string of the molecule is COC1(CN)CC(C(=O)NCC(C)(C)c2c[nH]c3cc(F)ccc23)C1. The molecule has 0 spiro atoms. The number of benzene rings is 1. The van der Waals surface area contributed by atoms with Crippen LogP contribution in [0.4, 0.5) is 4.39 Å². The molecule has 0 radical (unpaired) electrons. The van der Waals surface area contributed by atoms with Crippen molar-refractivity contribution >= 4 is 16.8 Å². The van der Waals surface area contributed by atoms with Gasteiger partial charge in [-0.05, 0) is 36.6 Å². The first-order chi connectivity index (χ1) is 11.8. The average Bonchev–Trinajstić information content (AvgIpc) is 2.97. The lowest BCUT2D eigenvalue weighted by Crippen LogP contribution is -2.56. The number of fused-ring (bicyclic) bond motifs is 1. The van der Waals surface area contributed by atoms with Crippen molar-refractivity contribution in [2.75, 3.05) is 20.2 Å². The van der Waals surface area contributed by atoms with Gasteiger partial charge in [0.15, 0.2) is 0 Å². The average molecular weight is 347 g/mol. The molecule has 1 heterocycles. The summed E-state index contributed by atoms with van der Waals surface area (Å²) in [6.45, 7) is 5.08. The molecule has 1 aliphatic carbocycles. The Morgan fingerprint density at radius 2 is 2.20 bits per heavy atom. The number of nitrogens with two attached hydrogens (primary N) is 1. The molecule has 0 saturated heterocycles. The molecule has 1 amide bonds. The van der Waals surface area contributed by atoms with Gasteiger partial charge >= 0.3 is 0 Å². The minimum absolute atomic E-state index is 0.0417. The predicted molar refractivity (Wildman–Crippen MR) is 95.8 cm³/mol. The topological polar surface area (TPSA) is 80.1 Å². The van der Waals surface area contributed by atoms with Gasteiger partial charge in [-0.15, -0.1) is 0 Å². The van der Waals surface area contributed by atoms with E-state index in [0.717, 1.165) is 16.5 Å². The van der Waals surface area contributed by atoms with Crippen LogP contribution in [0.3, 0.4) is 0 Å². The van der Waals surface area contributed by atoms with E-state index in [-0.39, 0.29) is 28.7 Å². The van der Waals surface area contributed by atoms with Gasteiger partial charge in [0.05, 0.1) is 5.60 Å². The molecule has 1 aromatic heterocycles. The largest absolute Gasteiger partial charge is 0.377 e. The van der Waals surface area contributed by atoms with Crippen molar-refractivity contribution in [1.29, 1.82) is 0 Å². The number of nitrogens with one attached hydrogen (secondary N) is 2. The summed E-state index contributed by atoms with van der Waals surface area (Å²) in [5.74, 6) is -0.269. The Morgan fingerprint density at radius 3 is 2.84 bits per heavy atom. The van der Waals surface area contributed by atoms with Gasteiger partial charge in [0.1, 0.15) is 5.82 Å². The van der Waals surface area contributed by atoms with Crippen molar-refractivity contribution in [3.63, 3.8) is 0 Å². The molecule has 1 fully saturated rings. The highest BCUT2D eigenvalue weighted by atomic mass is 19.1. The van der Waals surface area contributed by atoms with E-state index in [1.807, 2.05) is 6.20 Å². The molecule has 4 N–H and O–H groups in total. The summed E-state index contributed by atoms with van der Waals surface area (Å²) < 4.78 is 18.8. The number of H-pyrrole nitrogens is 1. The van der Waals surface area contributed by atoms with Crippen LogP contribution in [0.2, 0.25) is 0 Å². The Bertz CT molecular complexity index is 772. The fourth-order valence-corrected chi connectivity index (χ4v) is 3.65. The summed E-state index contributed by atoms with van der Waals surface area (Å²) in [6, 6.07) is 4.72. The lowest BCUT2D eigenvalue weighted by atomic mass is 9.70. The van der Waals surface area contributed by atoms with E-state index in [1.54, 1.807) is 13.2 Å². The van der Waals surface area contributed by atoms with Crippen LogP contribution in [0, 0.1) is 11.7 Å². The van der Waals surface area contributed by atoms with E-state index in [9.17, 15) is 9.18 Å². The van der Waals surface area contributed by atoms with Crippen LogP contribution in [0.1, 0.15) is 32.3 Å². The zero-order valence-corrected chi connectivity index (χ0v) is 15.0. The summed E-state index contributed by atoms with van der Waals surface area (Å²) >= 11 is 0. The summed E-state index contributed by atoms with van der Waals surface area (Å²) in [5, 5.41) is 4.03. The van der Waals surface area contributed by atoms with Crippen molar-refractivity contribution < 1.29 is 13.9 Å². The van der Waals surface area contributed by atoms with Crippen LogP contribution < -0.4 is 11.1 Å². The molecule has 1 aliphatic rings. The molecule has 1 saturated carbocycles. The first-order valence-electron chi connectivity index (χ1n) is 8.60. The van der Waals surface area contributed by atoms with Crippen LogP contribution in [-0.2, 0) is 14.9 Å². The van der Waals surface area contributed by atoms with Gasteiger partial charge in [-0.25, -0.2) is 4.39 Å². The molecular formula is C19H26FN3O2. The first-order valence-corrected chi connectivity index (χ1v) is 8.60. The second-order valence-corrected chi connectivity index (χ2v) is 7.69. The number of aromatic nitrogens is 1. The van der Waals surface area contributed by atoms with Crippen molar-refractivity contribution in [1.82, 2.24) is 10.3 Å². The van der Waals surface area contributed by atoms with E-state index >= 15 is 0 Å². The number of halogens is 1. The molecule has 0 atom stereocenters. The molecule has 6 heteroatoms. The standard InChI is InChI=1S/C19H26FN3O2/c1-18(2,15-9-22-16-6-13(20)4-5-14(15)16)11-23-17(24)12-7-19(8-12,10-21)25-3/h4-6,9,12,22H,7-8,10-11,21H2,1-3H3,(H,23,24). The molecule has 136 valence electrons. The number of aromatic amines is 1. The van der Waals surface area contributed by atoms with Gasteiger partial charge in [-0.2, -0.15) is 0 Å². The predicted octanol–water partition coefficient (Wildman–Crippen LogP) is 2.45. The van der Waals surface area contributed by atoms with Crippen LogP contribution in [-0.4, -0.2) is 36.7 Å². The Hall–Kier alpha value is -1.92. The summed E-state index contributed by atoms with van der Waals surface area (Å²) in [4.78, 5) is 15.5. The Balaban J connectivity index is 1.65. The maximum atomic E-state index is 13.4. The van der Waals surface area contributed by atoms with E-state index in [2.05, 4.69) is 24.1 Å². The molecular weight excluding hydrogens is 321 g/mol. The van der Waals surface area contributed by atoms with Crippen LogP contribution in [0.15, 0.2) is 24.4 Å². The van der Waals surface area contributed by atoms with Crippen LogP contribution >= 0.6 is 0 Å². The Morgan fingerprint density at radius 1 is 1.48 bits per heavy atom. The maximum Gasteiger partial charge on any atom is 0.223 e. The highest BCUT2D eigenvalue weighted by Gasteiger charge is 2.47. The fourth-order valence-electron chi connectivity index (χ4n) is 3.65. The lowest BCUT2D eigenvalue weighted by Gasteiger charge is -2.45. The third-order valence-electron chi connectivity index (χ3n) is 5.49. The lowest BCUT2D eigenvalue weighted by molar-refractivity contribution is -0.145. The number of ether oxygens (including phenoxy) is 1. The molecule has 3 rings (SSSR count). The first kappa shape index (κ1) is 17.9. The fraction of sp³-hybridized carbons (Fsp3) is 0.526. The minimum Gasteiger partial charge on any atom is -0.377 e. The van der Waals surface area contributed by atoms with E-state index in [1.165, 1.54) is 12.1 Å². The van der Waals surface area contributed by atoms with Crippen molar-refractivity contribution in [2.45, 2.75) is 37.7 Å². The summed E-state index contributed by atoms with van der Waals surface area (Å²) in [7, 11) is 1.64. The number of rotatable bonds is 6. The van der Waals surface area contributed by atoms with Crippen LogP contribution in [0.5, 0.6) is 0 Å². The highest BCUT2D eigenvalue weighted by Crippen LogP contribution is 2.40. The number of methoxy groups -OCH3 is 1. The molecule has 0 unspecified atom stereocenters. The van der Waals surface area contributed by atoms with E-state index in [0.29, 0.717) is 25.9 Å². The Kier molecular flexibility index (Phi) is 4.60. The van der Waals surface area contributed by atoms with Gasteiger partial charge in [0.2, 0.25) is 5.91 Å². The zero-order valence-electron chi connectivity index (χ0n) is 15.0. The number of amides is 1. The maximum absolute atomic E-state index is 13.4. The molecule has 5 nitrogen and oxygen atoms in total. The summed E-state index contributed by atoms with van der Waals surface area (Å²) in [6.07, 6.45) is 3.22. The molecule has 0 bridgehead atoms. The normalized spacial score (nSPS) is 23.5. The zero-order chi connectivity index (χ0) is 18.2.